The Kier molecular flexibility index (Phi) is 5.35. The summed E-state index contributed by atoms with van der Waals surface area (Å²) in [4.78, 5) is 6.72. The molecule has 2 aromatic rings. The van der Waals surface area contributed by atoms with E-state index in [9.17, 15) is 0 Å². The normalized spacial score (nSPS) is 13.1. The maximum atomic E-state index is 6.29. The third-order valence-electron chi connectivity index (χ3n) is 3.66. The Morgan fingerprint density at radius 1 is 1.25 bits per heavy atom. The number of aromatic nitrogens is 1. The molecule has 2 rings (SSSR count). The molecule has 1 heterocycles. The first-order valence-corrected chi connectivity index (χ1v) is 7.53. The van der Waals surface area contributed by atoms with Gasteiger partial charge in [0.15, 0.2) is 0 Å². The second kappa shape index (κ2) is 7.02. The van der Waals surface area contributed by atoms with Crippen LogP contribution < -0.4 is 5.73 Å². The van der Waals surface area contributed by atoms with Crippen molar-refractivity contribution in [2.24, 2.45) is 5.73 Å². The van der Waals surface area contributed by atoms with Gasteiger partial charge >= 0.3 is 0 Å². The minimum atomic E-state index is 0.135. The van der Waals surface area contributed by atoms with Crippen molar-refractivity contribution in [3.8, 4) is 0 Å². The highest BCUT2D eigenvalue weighted by Crippen LogP contribution is 2.21. The van der Waals surface area contributed by atoms with Gasteiger partial charge in [0, 0.05) is 29.2 Å². The Morgan fingerprint density at radius 3 is 2.70 bits per heavy atom. The molecule has 0 fully saturated rings. The van der Waals surface area contributed by atoms with E-state index in [0.717, 1.165) is 42.0 Å². The van der Waals surface area contributed by atoms with Crippen LogP contribution in [0.4, 0.5) is 0 Å². The number of halogens is 1. The SMILES string of the molecule is CCN(CC)CC(N)Cc1ccnc2cc(Cl)ccc12. The third-order valence-corrected chi connectivity index (χ3v) is 3.90. The molecule has 0 aliphatic heterocycles. The Morgan fingerprint density at radius 2 is 2.00 bits per heavy atom. The summed E-state index contributed by atoms with van der Waals surface area (Å²) in [5, 5.41) is 1.86. The van der Waals surface area contributed by atoms with E-state index in [1.807, 2.05) is 24.4 Å². The summed E-state index contributed by atoms with van der Waals surface area (Å²) in [6, 6.07) is 8.03. The molecule has 0 saturated carbocycles. The number of fused-ring (bicyclic) bond motifs is 1. The second-order valence-corrected chi connectivity index (χ2v) is 5.52. The Bertz CT molecular complexity index is 567. The van der Waals surface area contributed by atoms with Crippen LogP contribution in [0.1, 0.15) is 19.4 Å². The Hall–Kier alpha value is -1.16. The smallest absolute Gasteiger partial charge is 0.0719 e. The zero-order valence-corrected chi connectivity index (χ0v) is 12.9. The average Bonchev–Trinajstić information content (AvgIpc) is 2.44. The van der Waals surface area contributed by atoms with Gasteiger partial charge in [0.2, 0.25) is 0 Å². The molecule has 0 aliphatic carbocycles. The predicted octanol–water partition coefficient (Wildman–Crippen LogP) is 3.10. The first-order chi connectivity index (χ1) is 9.63. The van der Waals surface area contributed by atoms with Crippen molar-refractivity contribution >= 4 is 22.5 Å². The van der Waals surface area contributed by atoms with Gasteiger partial charge in [-0.15, -0.1) is 0 Å². The summed E-state index contributed by atoms with van der Waals surface area (Å²) < 4.78 is 0. The highest BCUT2D eigenvalue weighted by molar-refractivity contribution is 6.31. The number of nitrogens with zero attached hydrogens (tertiary/aromatic N) is 2. The van der Waals surface area contributed by atoms with Crippen LogP contribution in [0.15, 0.2) is 30.5 Å². The molecule has 1 atom stereocenters. The summed E-state index contributed by atoms with van der Waals surface area (Å²) in [6.07, 6.45) is 2.69. The molecule has 0 saturated heterocycles. The topological polar surface area (TPSA) is 42.1 Å². The highest BCUT2D eigenvalue weighted by Gasteiger charge is 2.11. The van der Waals surface area contributed by atoms with E-state index in [2.05, 4.69) is 29.8 Å². The molecule has 1 aromatic carbocycles. The van der Waals surface area contributed by atoms with Gasteiger partial charge in [0.05, 0.1) is 5.52 Å². The van der Waals surface area contributed by atoms with Gasteiger partial charge in [0.25, 0.3) is 0 Å². The van der Waals surface area contributed by atoms with E-state index in [1.165, 1.54) is 5.56 Å². The highest BCUT2D eigenvalue weighted by atomic mass is 35.5. The van der Waals surface area contributed by atoms with Crippen molar-refractivity contribution in [1.29, 1.82) is 0 Å². The molecular weight excluding hydrogens is 270 g/mol. The molecule has 0 bridgehead atoms. The number of hydrogen-bond acceptors (Lipinski definition) is 3. The maximum absolute atomic E-state index is 6.29. The van der Waals surface area contributed by atoms with Crippen LogP contribution in [-0.2, 0) is 6.42 Å². The maximum Gasteiger partial charge on any atom is 0.0719 e. The van der Waals surface area contributed by atoms with E-state index in [1.54, 1.807) is 0 Å². The first kappa shape index (κ1) is 15.2. The zero-order valence-electron chi connectivity index (χ0n) is 12.1. The van der Waals surface area contributed by atoms with Gasteiger partial charge in [-0.3, -0.25) is 4.98 Å². The lowest BCUT2D eigenvalue weighted by Gasteiger charge is -2.23. The lowest BCUT2D eigenvalue weighted by molar-refractivity contribution is 0.282. The molecule has 1 aromatic heterocycles. The molecule has 108 valence electrons. The minimum Gasteiger partial charge on any atom is -0.326 e. The van der Waals surface area contributed by atoms with Crippen molar-refractivity contribution in [2.75, 3.05) is 19.6 Å². The zero-order chi connectivity index (χ0) is 14.5. The summed E-state index contributed by atoms with van der Waals surface area (Å²) >= 11 is 6.01. The van der Waals surface area contributed by atoms with Crippen LogP contribution >= 0.6 is 11.6 Å². The number of likely N-dealkylation sites (N-methyl/N-ethyl adjacent to an activating group) is 1. The first-order valence-electron chi connectivity index (χ1n) is 7.15. The van der Waals surface area contributed by atoms with Gasteiger partial charge in [-0.05, 0) is 43.3 Å². The Balaban J connectivity index is 2.17. The van der Waals surface area contributed by atoms with Gasteiger partial charge < -0.3 is 10.6 Å². The second-order valence-electron chi connectivity index (χ2n) is 5.08. The number of rotatable bonds is 6. The molecule has 4 heteroatoms. The average molecular weight is 292 g/mol. The van der Waals surface area contributed by atoms with Crippen LogP contribution in [0.5, 0.6) is 0 Å². The van der Waals surface area contributed by atoms with Crippen LogP contribution in [0.3, 0.4) is 0 Å². The van der Waals surface area contributed by atoms with Crippen molar-refractivity contribution in [3.63, 3.8) is 0 Å². The van der Waals surface area contributed by atoms with E-state index < -0.39 is 0 Å². The summed E-state index contributed by atoms with van der Waals surface area (Å²) in [5.74, 6) is 0. The number of nitrogens with two attached hydrogens (primary N) is 1. The minimum absolute atomic E-state index is 0.135. The van der Waals surface area contributed by atoms with Gasteiger partial charge in [-0.2, -0.15) is 0 Å². The van der Waals surface area contributed by atoms with E-state index >= 15 is 0 Å². The molecule has 2 N–H and O–H groups in total. The van der Waals surface area contributed by atoms with Crippen molar-refractivity contribution in [3.05, 3.63) is 41.0 Å². The van der Waals surface area contributed by atoms with Crippen LogP contribution in [0.2, 0.25) is 5.02 Å². The van der Waals surface area contributed by atoms with E-state index in [-0.39, 0.29) is 6.04 Å². The fourth-order valence-corrected chi connectivity index (χ4v) is 2.69. The lowest BCUT2D eigenvalue weighted by atomic mass is 10.0. The molecular formula is C16H22ClN3. The van der Waals surface area contributed by atoms with Crippen LogP contribution in [0, 0.1) is 0 Å². The van der Waals surface area contributed by atoms with Gasteiger partial charge in [0.1, 0.15) is 0 Å². The monoisotopic (exact) mass is 291 g/mol. The quantitative estimate of drug-likeness (QED) is 0.889. The third kappa shape index (κ3) is 3.69. The predicted molar refractivity (Wildman–Crippen MR) is 86.2 cm³/mol. The van der Waals surface area contributed by atoms with Crippen molar-refractivity contribution < 1.29 is 0 Å². The van der Waals surface area contributed by atoms with Crippen LogP contribution in [0.25, 0.3) is 10.9 Å². The van der Waals surface area contributed by atoms with E-state index in [0.29, 0.717) is 0 Å². The van der Waals surface area contributed by atoms with Gasteiger partial charge in [-0.1, -0.05) is 31.5 Å². The summed E-state index contributed by atoms with van der Waals surface area (Å²) in [7, 11) is 0. The lowest BCUT2D eigenvalue weighted by Crippen LogP contribution is -2.38. The molecule has 0 radical (unpaired) electrons. The number of pyridine rings is 1. The van der Waals surface area contributed by atoms with E-state index in [4.69, 9.17) is 17.3 Å². The summed E-state index contributed by atoms with van der Waals surface area (Å²) in [5.41, 5.74) is 8.47. The molecule has 0 amide bonds. The van der Waals surface area contributed by atoms with Gasteiger partial charge in [-0.25, -0.2) is 0 Å². The largest absolute Gasteiger partial charge is 0.326 e. The summed E-state index contributed by atoms with van der Waals surface area (Å²) in [6.45, 7) is 7.33. The molecule has 20 heavy (non-hydrogen) atoms. The fraction of sp³-hybridized carbons (Fsp3) is 0.438. The molecule has 1 unspecified atom stereocenters. The fourth-order valence-electron chi connectivity index (χ4n) is 2.52. The Labute approximate surface area is 125 Å². The number of hydrogen-bond donors (Lipinski definition) is 1. The van der Waals surface area contributed by atoms with Crippen LogP contribution in [-0.4, -0.2) is 35.6 Å². The molecule has 0 spiro atoms. The van der Waals surface area contributed by atoms with Crippen molar-refractivity contribution in [2.45, 2.75) is 26.3 Å². The standard InChI is InChI=1S/C16H22ClN3/c1-3-20(4-2)11-14(18)9-12-7-8-19-16-10-13(17)5-6-15(12)16/h5-8,10,14H,3-4,9,11,18H2,1-2H3. The molecule has 0 aliphatic rings. The number of benzene rings is 1. The van der Waals surface area contributed by atoms with Crippen molar-refractivity contribution in [1.82, 2.24) is 9.88 Å². The molecule has 3 nitrogen and oxygen atoms in total.